The van der Waals surface area contributed by atoms with E-state index in [9.17, 15) is 0 Å². The van der Waals surface area contributed by atoms with Gasteiger partial charge in [0.2, 0.25) is 0 Å². The van der Waals surface area contributed by atoms with Crippen molar-refractivity contribution >= 4 is 28.3 Å². The van der Waals surface area contributed by atoms with Gasteiger partial charge in [0.1, 0.15) is 11.6 Å². The van der Waals surface area contributed by atoms with E-state index in [2.05, 4.69) is 15.1 Å². The van der Waals surface area contributed by atoms with Gasteiger partial charge in [0, 0.05) is 28.5 Å². The second kappa shape index (κ2) is 6.57. The molecule has 26 heavy (non-hydrogen) atoms. The summed E-state index contributed by atoms with van der Waals surface area (Å²) in [7, 11) is 1.69. The molecule has 0 saturated carbocycles. The Balaban J connectivity index is 1.76. The summed E-state index contributed by atoms with van der Waals surface area (Å²) in [6, 6.07) is 8.01. The number of aromatic nitrogens is 5. The van der Waals surface area contributed by atoms with E-state index >= 15 is 0 Å². The van der Waals surface area contributed by atoms with Gasteiger partial charge in [-0.05, 0) is 32.9 Å². The summed E-state index contributed by atoms with van der Waals surface area (Å²) in [5.74, 6) is 2.31. The van der Waals surface area contributed by atoms with Crippen molar-refractivity contribution in [2.45, 2.75) is 31.7 Å². The molecule has 0 unspecified atom stereocenters. The Hall–Kier alpha value is -2.67. The Morgan fingerprint density at radius 3 is 2.73 bits per heavy atom. The Kier molecular flexibility index (Phi) is 4.24. The van der Waals surface area contributed by atoms with Gasteiger partial charge in [0.05, 0.1) is 18.3 Å². The van der Waals surface area contributed by atoms with E-state index in [-0.39, 0.29) is 0 Å². The van der Waals surface area contributed by atoms with E-state index in [1.165, 1.54) is 0 Å². The van der Waals surface area contributed by atoms with Crippen LogP contribution in [0.15, 0.2) is 35.6 Å². The van der Waals surface area contributed by atoms with Gasteiger partial charge in [-0.1, -0.05) is 23.9 Å². The zero-order chi connectivity index (χ0) is 18.3. The number of ether oxygens (including phenoxy) is 1. The summed E-state index contributed by atoms with van der Waals surface area (Å²) in [6.07, 6.45) is 1.85. The topological polar surface area (TPSA) is 65.2 Å². The van der Waals surface area contributed by atoms with Gasteiger partial charge in [-0.2, -0.15) is 4.52 Å². The lowest BCUT2D eigenvalue weighted by molar-refractivity contribution is 0.407. The number of benzene rings is 1. The molecule has 3 heterocycles. The molecule has 0 aliphatic carbocycles. The van der Waals surface area contributed by atoms with Gasteiger partial charge >= 0.3 is 0 Å². The maximum atomic E-state index is 5.51. The highest BCUT2D eigenvalue weighted by Crippen LogP contribution is 2.30. The number of hydrogen-bond acceptors (Lipinski definition) is 6. The second-order valence-corrected chi connectivity index (χ2v) is 7.08. The molecule has 3 aromatic heterocycles. The average Bonchev–Trinajstić information content (AvgIpc) is 3.03. The minimum atomic E-state index is 0.682. The van der Waals surface area contributed by atoms with Crippen LogP contribution >= 0.6 is 11.8 Å². The minimum absolute atomic E-state index is 0.682. The lowest BCUT2D eigenvalue weighted by Crippen LogP contribution is -2.01. The first-order valence-corrected chi connectivity index (χ1v) is 9.31. The smallest absolute Gasteiger partial charge is 0.191 e. The van der Waals surface area contributed by atoms with Crippen LogP contribution in [0.25, 0.3) is 16.6 Å². The molecular weight excluding hydrogens is 346 g/mol. The van der Waals surface area contributed by atoms with E-state index in [1.54, 1.807) is 18.9 Å². The summed E-state index contributed by atoms with van der Waals surface area (Å²) >= 11 is 1.60. The zero-order valence-electron chi connectivity index (χ0n) is 15.1. The third-order valence-corrected chi connectivity index (χ3v) is 5.28. The summed E-state index contributed by atoms with van der Waals surface area (Å²) in [6.45, 7) is 5.94. The molecule has 0 bridgehead atoms. The van der Waals surface area contributed by atoms with Crippen LogP contribution in [-0.2, 0) is 5.75 Å². The molecule has 0 N–H and O–H groups in total. The highest BCUT2D eigenvalue weighted by molar-refractivity contribution is 7.98. The minimum Gasteiger partial charge on any atom is -0.496 e. The number of rotatable bonds is 4. The van der Waals surface area contributed by atoms with Crippen molar-refractivity contribution in [3.05, 3.63) is 53.1 Å². The van der Waals surface area contributed by atoms with Crippen LogP contribution < -0.4 is 4.74 Å². The normalized spacial score (nSPS) is 11.4. The largest absolute Gasteiger partial charge is 0.496 e. The molecule has 6 nitrogen and oxygen atoms in total. The Bertz CT molecular complexity index is 1120. The molecule has 0 atom stereocenters. The number of para-hydroxylation sites is 1. The fourth-order valence-corrected chi connectivity index (χ4v) is 4.05. The Labute approximate surface area is 155 Å². The molecule has 0 aliphatic heterocycles. The fourth-order valence-electron chi connectivity index (χ4n) is 3.08. The van der Waals surface area contributed by atoms with Gasteiger partial charge in [0.15, 0.2) is 10.8 Å². The number of pyridine rings is 1. The SMILES string of the molecule is COc1c(C)cnc(CSc2nc3ccccc3c3nc(C)nn23)c1C. The van der Waals surface area contributed by atoms with Crippen LogP contribution in [0, 0.1) is 20.8 Å². The second-order valence-electron chi connectivity index (χ2n) is 6.14. The van der Waals surface area contributed by atoms with Gasteiger partial charge in [0.25, 0.3) is 0 Å². The first kappa shape index (κ1) is 16.8. The predicted octanol–water partition coefficient (Wildman–Crippen LogP) is 3.90. The number of nitrogens with zero attached hydrogens (tertiary/aromatic N) is 5. The molecule has 0 spiro atoms. The van der Waals surface area contributed by atoms with E-state index in [4.69, 9.17) is 9.72 Å². The molecule has 0 saturated heterocycles. The molecule has 132 valence electrons. The lowest BCUT2D eigenvalue weighted by atomic mass is 10.1. The van der Waals surface area contributed by atoms with Crippen LogP contribution in [0.2, 0.25) is 0 Å². The molecular formula is C19H19N5OS. The maximum Gasteiger partial charge on any atom is 0.191 e. The number of methoxy groups -OCH3 is 1. The van der Waals surface area contributed by atoms with Gasteiger partial charge in [-0.3, -0.25) is 4.98 Å². The lowest BCUT2D eigenvalue weighted by Gasteiger charge is -2.12. The quantitative estimate of drug-likeness (QED) is 0.404. The monoisotopic (exact) mass is 365 g/mol. The van der Waals surface area contributed by atoms with Gasteiger partial charge < -0.3 is 4.74 Å². The van der Waals surface area contributed by atoms with Crippen LogP contribution in [0.5, 0.6) is 5.75 Å². The predicted molar refractivity (Wildman–Crippen MR) is 103 cm³/mol. The molecule has 4 aromatic rings. The van der Waals surface area contributed by atoms with Gasteiger partial charge in [-0.15, -0.1) is 5.10 Å². The number of aryl methyl sites for hydroxylation is 2. The first-order valence-electron chi connectivity index (χ1n) is 8.32. The Morgan fingerprint density at radius 1 is 1.12 bits per heavy atom. The number of thioether (sulfide) groups is 1. The molecule has 0 aliphatic rings. The van der Waals surface area contributed by atoms with E-state index in [0.29, 0.717) is 5.75 Å². The van der Waals surface area contributed by atoms with Crippen molar-refractivity contribution in [3.8, 4) is 5.75 Å². The van der Waals surface area contributed by atoms with E-state index in [1.807, 2.05) is 55.7 Å². The molecule has 0 fully saturated rings. The summed E-state index contributed by atoms with van der Waals surface area (Å²) in [5.41, 5.74) is 4.84. The molecule has 7 heteroatoms. The highest BCUT2D eigenvalue weighted by Gasteiger charge is 2.14. The summed E-state index contributed by atoms with van der Waals surface area (Å²) in [4.78, 5) is 13.9. The molecule has 1 aromatic carbocycles. The summed E-state index contributed by atoms with van der Waals surface area (Å²) < 4.78 is 7.33. The summed E-state index contributed by atoms with van der Waals surface area (Å²) in [5, 5.41) is 6.33. The van der Waals surface area contributed by atoms with E-state index < -0.39 is 0 Å². The third kappa shape index (κ3) is 2.78. The Morgan fingerprint density at radius 2 is 1.92 bits per heavy atom. The first-order chi connectivity index (χ1) is 12.6. The van der Waals surface area contributed by atoms with Crippen LogP contribution in [0.1, 0.15) is 22.6 Å². The standard InChI is InChI=1S/C19H19N5OS/c1-11-9-20-16(12(2)17(11)25-4)10-26-19-22-15-8-6-5-7-14(15)18-21-13(3)23-24(18)19/h5-9H,10H2,1-4H3. The van der Waals surface area contributed by atoms with Crippen LogP contribution in [-0.4, -0.2) is 31.7 Å². The molecule has 0 amide bonds. The fraction of sp³-hybridized carbons (Fsp3) is 0.263. The average molecular weight is 365 g/mol. The van der Waals surface area contributed by atoms with E-state index in [0.717, 1.165) is 50.1 Å². The van der Waals surface area contributed by atoms with Crippen LogP contribution in [0.4, 0.5) is 0 Å². The van der Waals surface area contributed by atoms with Crippen molar-refractivity contribution < 1.29 is 4.74 Å². The van der Waals surface area contributed by atoms with Crippen molar-refractivity contribution in [2.24, 2.45) is 0 Å². The van der Waals surface area contributed by atoms with Crippen molar-refractivity contribution in [2.75, 3.05) is 7.11 Å². The number of hydrogen-bond donors (Lipinski definition) is 0. The zero-order valence-corrected chi connectivity index (χ0v) is 16.0. The third-order valence-electron chi connectivity index (χ3n) is 4.34. The van der Waals surface area contributed by atoms with Crippen LogP contribution in [0.3, 0.4) is 0 Å². The highest BCUT2D eigenvalue weighted by atomic mass is 32.2. The van der Waals surface area contributed by atoms with Crippen molar-refractivity contribution in [1.29, 1.82) is 0 Å². The number of fused-ring (bicyclic) bond motifs is 3. The van der Waals surface area contributed by atoms with Gasteiger partial charge in [-0.25, -0.2) is 9.97 Å². The van der Waals surface area contributed by atoms with Crippen molar-refractivity contribution in [3.63, 3.8) is 0 Å². The van der Waals surface area contributed by atoms with Crippen molar-refractivity contribution in [1.82, 2.24) is 24.6 Å². The maximum absolute atomic E-state index is 5.51. The molecule has 4 rings (SSSR count). The molecule has 0 radical (unpaired) electrons.